The highest BCUT2D eigenvalue weighted by Gasteiger charge is 2.06. The minimum absolute atomic E-state index is 0.146. The van der Waals surface area contributed by atoms with Crippen molar-refractivity contribution in [3.8, 4) is 0 Å². The predicted octanol–water partition coefficient (Wildman–Crippen LogP) is 4.32. The second-order valence-electron chi connectivity index (χ2n) is 4.96. The van der Waals surface area contributed by atoms with Gasteiger partial charge in [0.2, 0.25) is 0 Å². The summed E-state index contributed by atoms with van der Waals surface area (Å²) >= 11 is 0. The molecular weight excluding hydrogens is 225 g/mol. The van der Waals surface area contributed by atoms with Gasteiger partial charge in [-0.25, -0.2) is 4.39 Å². The fourth-order valence-electron chi connectivity index (χ4n) is 2.25. The average Bonchev–Trinajstić information content (AvgIpc) is 2.38. The van der Waals surface area contributed by atoms with E-state index in [0.717, 1.165) is 13.0 Å². The summed E-state index contributed by atoms with van der Waals surface area (Å²) in [6, 6.07) is 7.53. The third-order valence-corrected chi connectivity index (χ3v) is 3.25. The van der Waals surface area contributed by atoms with Crippen LogP contribution in [0, 0.1) is 5.82 Å². The van der Waals surface area contributed by atoms with E-state index in [4.69, 9.17) is 0 Å². The number of nitrogens with one attached hydrogen (secondary N) is 1. The van der Waals surface area contributed by atoms with E-state index in [9.17, 15) is 4.39 Å². The van der Waals surface area contributed by atoms with Crippen LogP contribution in [0.5, 0.6) is 0 Å². The van der Waals surface area contributed by atoms with Crippen LogP contribution in [0.15, 0.2) is 24.3 Å². The van der Waals surface area contributed by atoms with Crippen molar-refractivity contribution < 1.29 is 4.39 Å². The molecule has 0 spiro atoms. The van der Waals surface area contributed by atoms with E-state index in [-0.39, 0.29) is 5.82 Å². The summed E-state index contributed by atoms with van der Waals surface area (Å²) in [5.41, 5.74) is 1.24. The van der Waals surface area contributed by atoms with Gasteiger partial charge in [0.05, 0.1) is 0 Å². The molecule has 1 rings (SSSR count). The predicted molar refractivity (Wildman–Crippen MR) is 76.3 cm³/mol. The van der Waals surface area contributed by atoms with E-state index < -0.39 is 0 Å². The zero-order valence-corrected chi connectivity index (χ0v) is 11.7. The van der Waals surface area contributed by atoms with E-state index in [0.29, 0.717) is 6.04 Å². The third kappa shape index (κ3) is 6.15. The first-order chi connectivity index (χ1) is 8.76. The number of halogens is 1. The molecule has 0 amide bonds. The Hall–Kier alpha value is -0.890. The van der Waals surface area contributed by atoms with Crippen LogP contribution in [0.25, 0.3) is 0 Å². The summed E-state index contributed by atoms with van der Waals surface area (Å²) in [5, 5.41) is 3.61. The first-order valence-corrected chi connectivity index (χ1v) is 7.24. The molecule has 102 valence electrons. The van der Waals surface area contributed by atoms with Gasteiger partial charge in [0.25, 0.3) is 0 Å². The zero-order chi connectivity index (χ0) is 13.2. The largest absolute Gasteiger partial charge is 0.314 e. The molecule has 1 aromatic rings. The quantitative estimate of drug-likeness (QED) is 0.689. The summed E-state index contributed by atoms with van der Waals surface area (Å²) in [4.78, 5) is 0. The smallest absolute Gasteiger partial charge is 0.123 e. The van der Waals surface area contributed by atoms with Crippen molar-refractivity contribution in [2.75, 3.05) is 6.54 Å². The van der Waals surface area contributed by atoms with Crippen LogP contribution in [0.2, 0.25) is 0 Å². The average molecular weight is 251 g/mol. The number of rotatable bonds is 9. The Kier molecular flexibility index (Phi) is 7.66. The molecular formula is C16H26FN. The summed E-state index contributed by atoms with van der Waals surface area (Å²) < 4.78 is 12.8. The molecule has 1 nitrogen and oxygen atoms in total. The molecule has 1 unspecified atom stereocenters. The number of benzene rings is 1. The molecule has 0 saturated carbocycles. The van der Waals surface area contributed by atoms with Crippen LogP contribution in [0.1, 0.15) is 51.5 Å². The molecule has 0 bridgehead atoms. The first-order valence-electron chi connectivity index (χ1n) is 7.24. The van der Waals surface area contributed by atoms with E-state index >= 15 is 0 Å². The zero-order valence-electron chi connectivity index (χ0n) is 11.7. The molecule has 0 aromatic heterocycles. The lowest BCUT2D eigenvalue weighted by atomic mass is 10.0. The second kappa shape index (κ2) is 9.09. The van der Waals surface area contributed by atoms with Crippen LogP contribution < -0.4 is 5.32 Å². The topological polar surface area (TPSA) is 12.0 Å². The fourth-order valence-corrected chi connectivity index (χ4v) is 2.25. The standard InChI is InChI=1S/C16H26FN/c1-3-6-16(18-13-4-2)8-5-7-14-9-11-15(17)12-10-14/h9-12,16,18H,3-8,13H2,1-2H3. The van der Waals surface area contributed by atoms with Crippen LogP contribution in [0.3, 0.4) is 0 Å². The monoisotopic (exact) mass is 251 g/mol. The van der Waals surface area contributed by atoms with Crippen molar-refractivity contribution in [3.05, 3.63) is 35.6 Å². The van der Waals surface area contributed by atoms with Crippen LogP contribution in [-0.4, -0.2) is 12.6 Å². The number of hydrogen-bond donors (Lipinski definition) is 1. The Morgan fingerprint density at radius 2 is 1.78 bits per heavy atom. The molecule has 2 heteroatoms. The molecule has 1 aromatic carbocycles. The molecule has 0 radical (unpaired) electrons. The van der Waals surface area contributed by atoms with Gasteiger partial charge in [-0.1, -0.05) is 32.4 Å². The van der Waals surface area contributed by atoms with Crippen LogP contribution in [-0.2, 0) is 6.42 Å². The molecule has 0 fully saturated rings. The summed E-state index contributed by atoms with van der Waals surface area (Å²) in [6.45, 7) is 5.55. The van der Waals surface area contributed by atoms with Gasteiger partial charge in [0.1, 0.15) is 5.82 Å². The number of aryl methyl sites for hydroxylation is 1. The van der Waals surface area contributed by atoms with E-state index in [1.807, 2.05) is 12.1 Å². The summed E-state index contributed by atoms with van der Waals surface area (Å²) in [5.74, 6) is -0.146. The first kappa shape index (κ1) is 15.2. The van der Waals surface area contributed by atoms with Gasteiger partial charge < -0.3 is 5.32 Å². The highest BCUT2D eigenvalue weighted by atomic mass is 19.1. The van der Waals surface area contributed by atoms with Crippen molar-refractivity contribution in [1.29, 1.82) is 0 Å². The maximum atomic E-state index is 12.8. The van der Waals surface area contributed by atoms with E-state index in [1.54, 1.807) is 12.1 Å². The Morgan fingerprint density at radius 3 is 2.39 bits per heavy atom. The minimum Gasteiger partial charge on any atom is -0.314 e. The normalized spacial score (nSPS) is 12.6. The minimum atomic E-state index is -0.146. The van der Waals surface area contributed by atoms with Crippen LogP contribution in [0.4, 0.5) is 4.39 Å². The lowest BCUT2D eigenvalue weighted by Gasteiger charge is -2.17. The Labute approximate surface area is 111 Å². The van der Waals surface area contributed by atoms with Crippen LogP contribution >= 0.6 is 0 Å². The van der Waals surface area contributed by atoms with Gasteiger partial charge in [0.15, 0.2) is 0 Å². The van der Waals surface area contributed by atoms with Gasteiger partial charge >= 0.3 is 0 Å². The molecule has 1 N–H and O–H groups in total. The van der Waals surface area contributed by atoms with Crippen molar-refractivity contribution >= 4 is 0 Å². The van der Waals surface area contributed by atoms with Gasteiger partial charge in [-0.15, -0.1) is 0 Å². The van der Waals surface area contributed by atoms with E-state index in [2.05, 4.69) is 19.2 Å². The fraction of sp³-hybridized carbons (Fsp3) is 0.625. The van der Waals surface area contributed by atoms with Crippen molar-refractivity contribution in [1.82, 2.24) is 5.32 Å². The van der Waals surface area contributed by atoms with Gasteiger partial charge in [-0.3, -0.25) is 0 Å². The molecule has 0 aliphatic carbocycles. The lowest BCUT2D eigenvalue weighted by molar-refractivity contribution is 0.438. The Morgan fingerprint density at radius 1 is 1.06 bits per heavy atom. The van der Waals surface area contributed by atoms with Crippen molar-refractivity contribution in [2.24, 2.45) is 0 Å². The molecule has 0 aliphatic heterocycles. The second-order valence-corrected chi connectivity index (χ2v) is 4.96. The third-order valence-electron chi connectivity index (χ3n) is 3.25. The van der Waals surface area contributed by atoms with E-state index in [1.165, 1.54) is 37.7 Å². The Bertz CT molecular complexity index is 307. The Balaban J connectivity index is 2.26. The van der Waals surface area contributed by atoms with Crippen molar-refractivity contribution in [3.63, 3.8) is 0 Å². The molecule has 18 heavy (non-hydrogen) atoms. The van der Waals surface area contributed by atoms with Gasteiger partial charge in [-0.2, -0.15) is 0 Å². The molecule has 0 saturated heterocycles. The highest BCUT2D eigenvalue weighted by molar-refractivity contribution is 5.15. The SMILES string of the molecule is CCCNC(CCC)CCCc1ccc(F)cc1. The summed E-state index contributed by atoms with van der Waals surface area (Å²) in [6.07, 6.45) is 7.12. The molecule has 0 aliphatic rings. The van der Waals surface area contributed by atoms with Gasteiger partial charge in [-0.05, 0) is 56.3 Å². The maximum Gasteiger partial charge on any atom is 0.123 e. The number of hydrogen-bond acceptors (Lipinski definition) is 1. The lowest BCUT2D eigenvalue weighted by Crippen LogP contribution is -2.29. The summed E-state index contributed by atoms with van der Waals surface area (Å²) in [7, 11) is 0. The maximum absolute atomic E-state index is 12.8. The van der Waals surface area contributed by atoms with Crippen molar-refractivity contribution in [2.45, 2.75) is 58.4 Å². The molecule has 1 atom stereocenters. The highest BCUT2D eigenvalue weighted by Crippen LogP contribution is 2.10. The molecule has 0 heterocycles. The van der Waals surface area contributed by atoms with Gasteiger partial charge in [0, 0.05) is 6.04 Å².